The van der Waals surface area contributed by atoms with Crippen LogP contribution in [0.25, 0.3) is 0 Å². The molecule has 2 nitrogen and oxygen atoms in total. The fourth-order valence-electron chi connectivity index (χ4n) is 0.935. The van der Waals surface area contributed by atoms with Crippen LogP contribution in [0.5, 0.6) is 0 Å². The highest BCUT2D eigenvalue weighted by molar-refractivity contribution is 4.52. The van der Waals surface area contributed by atoms with E-state index in [2.05, 4.69) is 34.6 Å². The smallest absolute Gasteiger partial charge is 0.158 e. The predicted octanol–water partition coefficient (Wildman–Crippen LogP) is 3.35. The van der Waals surface area contributed by atoms with Gasteiger partial charge in [-0.3, -0.25) is 0 Å². The van der Waals surface area contributed by atoms with E-state index in [-0.39, 0.29) is 6.29 Å². The van der Waals surface area contributed by atoms with Gasteiger partial charge in [0.15, 0.2) is 6.29 Å². The maximum Gasteiger partial charge on any atom is 0.158 e. The molecule has 80 valence electrons. The van der Waals surface area contributed by atoms with Crippen molar-refractivity contribution in [3.63, 3.8) is 0 Å². The molecule has 0 rings (SSSR count). The van der Waals surface area contributed by atoms with Crippen molar-refractivity contribution in [2.45, 2.75) is 72.4 Å². The highest BCUT2D eigenvalue weighted by Crippen LogP contribution is 2.10. The summed E-state index contributed by atoms with van der Waals surface area (Å²) in [5.74, 6) is 0. The molecule has 0 saturated heterocycles. The van der Waals surface area contributed by atoms with Crippen LogP contribution < -0.4 is 0 Å². The fraction of sp³-hybridized carbons (Fsp3) is 1.00. The Hall–Kier alpha value is -0.0800. The molecule has 0 saturated carbocycles. The average molecular weight is 188 g/mol. The number of ether oxygens (including phenoxy) is 2. The van der Waals surface area contributed by atoms with Gasteiger partial charge in [0.25, 0.3) is 0 Å². The van der Waals surface area contributed by atoms with E-state index >= 15 is 0 Å². The molecule has 0 heterocycles. The second-order valence-electron chi connectivity index (χ2n) is 3.55. The number of hydrogen-bond acceptors (Lipinski definition) is 2. The number of rotatable bonds is 7. The quantitative estimate of drug-likeness (QED) is 0.570. The standard InChI is InChI=1S/C11H24O2/c1-6-9(4)12-11(8-3)13-10(5)7-2/h9-11H,6-8H2,1-5H3. The molecule has 2 atom stereocenters. The van der Waals surface area contributed by atoms with Crippen LogP contribution >= 0.6 is 0 Å². The molecule has 0 aromatic carbocycles. The monoisotopic (exact) mass is 188 g/mol. The largest absolute Gasteiger partial charge is 0.350 e. The summed E-state index contributed by atoms with van der Waals surface area (Å²) in [5, 5.41) is 0. The van der Waals surface area contributed by atoms with E-state index in [0.29, 0.717) is 12.2 Å². The Kier molecular flexibility index (Phi) is 7.29. The summed E-state index contributed by atoms with van der Waals surface area (Å²) in [5.41, 5.74) is 0. The predicted molar refractivity (Wildman–Crippen MR) is 55.8 cm³/mol. The van der Waals surface area contributed by atoms with Crippen molar-refractivity contribution in [1.82, 2.24) is 0 Å². The van der Waals surface area contributed by atoms with Gasteiger partial charge >= 0.3 is 0 Å². The SMILES string of the molecule is CCC(C)OC(CC)OC(C)CC. The van der Waals surface area contributed by atoms with Crippen molar-refractivity contribution in [2.75, 3.05) is 0 Å². The number of hydrogen-bond donors (Lipinski definition) is 0. The Morgan fingerprint density at radius 3 is 1.38 bits per heavy atom. The molecule has 0 aliphatic carbocycles. The third-order valence-electron chi connectivity index (χ3n) is 2.25. The van der Waals surface area contributed by atoms with Crippen LogP contribution in [0.3, 0.4) is 0 Å². The van der Waals surface area contributed by atoms with Crippen molar-refractivity contribution in [1.29, 1.82) is 0 Å². The van der Waals surface area contributed by atoms with Crippen molar-refractivity contribution < 1.29 is 9.47 Å². The van der Waals surface area contributed by atoms with Crippen LogP contribution in [0.2, 0.25) is 0 Å². The molecule has 0 amide bonds. The molecule has 0 aliphatic rings. The molecule has 0 radical (unpaired) electrons. The molecule has 13 heavy (non-hydrogen) atoms. The van der Waals surface area contributed by atoms with Crippen LogP contribution in [0.1, 0.15) is 53.9 Å². The lowest BCUT2D eigenvalue weighted by Gasteiger charge is -2.23. The summed E-state index contributed by atoms with van der Waals surface area (Å²) in [6.07, 6.45) is 3.59. The Morgan fingerprint density at radius 1 is 0.769 bits per heavy atom. The van der Waals surface area contributed by atoms with Crippen molar-refractivity contribution in [3.05, 3.63) is 0 Å². The fourth-order valence-corrected chi connectivity index (χ4v) is 0.935. The third kappa shape index (κ3) is 6.05. The summed E-state index contributed by atoms with van der Waals surface area (Å²) in [6, 6.07) is 0. The molecule has 0 fully saturated rings. The van der Waals surface area contributed by atoms with Gasteiger partial charge in [0, 0.05) is 0 Å². The molecule has 0 aliphatic heterocycles. The first kappa shape index (κ1) is 12.9. The van der Waals surface area contributed by atoms with Gasteiger partial charge in [-0.05, 0) is 33.1 Å². The lowest BCUT2D eigenvalue weighted by atomic mass is 10.3. The molecule has 0 aromatic rings. The minimum atomic E-state index is -0.0232. The lowest BCUT2D eigenvalue weighted by molar-refractivity contribution is -0.189. The Morgan fingerprint density at radius 2 is 1.15 bits per heavy atom. The minimum Gasteiger partial charge on any atom is -0.350 e. The van der Waals surface area contributed by atoms with Gasteiger partial charge in [0.05, 0.1) is 12.2 Å². The zero-order valence-corrected chi connectivity index (χ0v) is 9.67. The summed E-state index contributed by atoms with van der Waals surface area (Å²) < 4.78 is 11.4. The van der Waals surface area contributed by atoms with Gasteiger partial charge < -0.3 is 9.47 Å². The molecule has 2 heteroatoms. The molecule has 2 unspecified atom stereocenters. The topological polar surface area (TPSA) is 18.5 Å². The molecule has 0 aromatic heterocycles. The first-order valence-corrected chi connectivity index (χ1v) is 5.44. The van der Waals surface area contributed by atoms with Crippen LogP contribution in [0.4, 0.5) is 0 Å². The zero-order valence-electron chi connectivity index (χ0n) is 9.67. The molecule has 0 spiro atoms. The average Bonchev–Trinajstić information content (AvgIpc) is 2.16. The van der Waals surface area contributed by atoms with Crippen LogP contribution in [-0.4, -0.2) is 18.5 Å². The summed E-state index contributed by atoms with van der Waals surface area (Å²) in [6.45, 7) is 10.5. The van der Waals surface area contributed by atoms with Crippen LogP contribution in [0, 0.1) is 0 Å². The highest BCUT2D eigenvalue weighted by atomic mass is 16.7. The van der Waals surface area contributed by atoms with E-state index in [0.717, 1.165) is 19.3 Å². The van der Waals surface area contributed by atoms with Crippen LogP contribution in [-0.2, 0) is 9.47 Å². The molecular weight excluding hydrogens is 164 g/mol. The van der Waals surface area contributed by atoms with Crippen molar-refractivity contribution >= 4 is 0 Å². The van der Waals surface area contributed by atoms with Crippen molar-refractivity contribution in [2.24, 2.45) is 0 Å². The summed E-state index contributed by atoms with van der Waals surface area (Å²) >= 11 is 0. The van der Waals surface area contributed by atoms with Crippen LogP contribution in [0.15, 0.2) is 0 Å². The summed E-state index contributed by atoms with van der Waals surface area (Å²) in [7, 11) is 0. The second-order valence-corrected chi connectivity index (χ2v) is 3.55. The van der Waals surface area contributed by atoms with Gasteiger partial charge in [-0.2, -0.15) is 0 Å². The Balaban J connectivity index is 3.74. The maximum atomic E-state index is 5.70. The van der Waals surface area contributed by atoms with Gasteiger partial charge in [-0.1, -0.05) is 20.8 Å². The zero-order chi connectivity index (χ0) is 10.3. The van der Waals surface area contributed by atoms with E-state index in [1.54, 1.807) is 0 Å². The van der Waals surface area contributed by atoms with E-state index in [9.17, 15) is 0 Å². The van der Waals surface area contributed by atoms with Gasteiger partial charge in [-0.15, -0.1) is 0 Å². The maximum absolute atomic E-state index is 5.70. The van der Waals surface area contributed by atoms with Gasteiger partial charge in [0.2, 0.25) is 0 Å². The molecule has 0 N–H and O–H groups in total. The molecular formula is C11H24O2. The first-order chi connectivity index (χ1) is 6.13. The first-order valence-electron chi connectivity index (χ1n) is 5.44. The Labute approximate surface area is 82.6 Å². The second kappa shape index (κ2) is 7.34. The van der Waals surface area contributed by atoms with E-state index in [1.807, 2.05) is 0 Å². The van der Waals surface area contributed by atoms with Gasteiger partial charge in [0.1, 0.15) is 0 Å². The van der Waals surface area contributed by atoms with E-state index < -0.39 is 0 Å². The summed E-state index contributed by atoms with van der Waals surface area (Å²) in [4.78, 5) is 0. The minimum absolute atomic E-state index is 0.0232. The highest BCUT2D eigenvalue weighted by Gasteiger charge is 2.13. The van der Waals surface area contributed by atoms with Crippen molar-refractivity contribution in [3.8, 4) is 0 Å². The van der Waals surface area contributed by atoms with E-state index in [1.165, 1.54) is 0 Å². The Bertz CT molecular complexity index is 103. The third-order valence-corrected chi connectivity index (χ3v) is 2.25. The normalized spacial score (nSPS) is 18.2. The van der Waals surface area contributed by atoms with Gasteiger partial charge in [-0.25, -0.2) is 0 Å². The molecule has 0 bridgehead atoms. The van der Waals surface area contributed by atoms with E-state index in [4.69, 9.17) is 9.47 Å². The lowest BCUT2D eigenvalue weighted by Crippen LogP contribution is -2.25.